The standard InChI is InChI=1S/C36H28N4O3/c37-29-15-5-6-16-30(29)39-35(42)26-21-19-25(20-22-26)33(34(38)41)36(43)40(31-17-7-11-23-9-1-3-13-27(23)31)32-18-8-12-24-10-2-4-14-28(24)32/h1-22,33H,37H2,(H2,38,41)(H,39,42). The zero-order valence-electron chi connectivity index (χ0n) is 23.1. The third-order valence-corrected chi connectivity index (χ3v) is 7.48. The first kappa shape index (κ1) is 27.2. The Kier molecular flexibility index (Phi) is 7.28. The number of benzene rings is 6. The van der Waals surface area contributed by atoms with Crippen molar-refractivity contribution in [1.29, 1.82) is 0 Å². The molecule has 7 nitrogen and oxygen atoms in total. The van der Waals surface area contributed by atoms with Crippen LogP contribution in [0, 0.1) is 0 Å². The van der Waals surface area contributed by atoms with E-state index in [0.717, 1.165) is 21.5 Å². The normalized spacial score (nSPS) is 11.6. The van der Waals surface area contributed by atoms with E-state index in [1.54, 1.807) is 53.4 Å². The number of nitrogen functional groups attached to an aromatic ring is 1. The van der Waals surface area contributed by atoms with Gasteiger partial charge in [-0.3, -0.25) is 19.3 Å². The number of anilines is 4. The van der Waals surface area contributed by atoms with Crippen molar-refractivity contribution in [3.05, 3.63) is 145 Å². The van der Waals surface area contributed by atoms with Crippen molar-refractivity contribution in [2.24, 2.45) is 5.73 Å². The van der Waals surface area contributed by atoms with Gasteiger partial charge in [0.15, 0.2) is 0 Å². The van der Waals surface area contributed by atoms with Gasteiger partial charge in [0, 0.05) is 16.3 Å². The lowest BCUT2D eigenvalue weighted by Gasteiger charge is -2.29. The number of carbonyl (C=O) groups is 3. The molecule has 0 aromatic heterocycles. The molecule has 0 aliphatic carbocycles. The van der Waals surface area contributed by atoms with Gasteiger partial charge in [-0.2, -0.15) is 0 Å². The molecule has 0 radical (unpaired) electrons. The van der Waals surface area contributed by atoms with Crippen molar-refractivity contribution < 1.29 is 14.4 Å². The van der Waals surface area contributed by atoms with Gasteiger partial charge in [0.1, 0.15) is 5.92 Å². The maximum absolute atomic E-state index is 14.6. The molecule has 6 rings (SSSR count). The average molecular weight is 565 g/mol. The highest BCUT2D eigenvalue weighted by Gasteiger charge is 2.34. The van der Waals surface area contributed by atoms with E-state index in [-0.39, 0.29) is 5.91 Å². The van der Waals surface area contributed by atoms with Crippen molar-refractivity contribution in [3.63, 3.8) is 0 Å². The van der Waals surface area contributed by atoms with Crippen LogP contribution in [0.4, 0.5) is 22.7 Å². The second kappa shape index (κ2) is 11.5. The average Bonchev–Trinajstić information content (AvgIpc) is 3.03. The van der Waals surface area contributed by atoms with E-state index in [2.05, 4.69) is 5.32 Å². The highest BCUT2D eigenvalue weighted by atomic mass is 16.2. The summed E-state index contributed by atoms with van der Waals surface area (Å²) in [6, 6.07) is 40.2. The predicted octanol–water partition coefficient (Wildman–Crippen LogP) is 6.76. The molecule has 6 aromatic rings. The SMILES string of the molecule is NC(=O)C(C(=O)N(c1cccc2ccccc12)c1cccc2ccccc12)c1ccc(C(=O)Nc2ccccc2N)cc1. The summed E-state index contributed by atoms with van der Waals surface area (Å²) in [5, 5.41) is 6.38. The fourth-order valence-electron chi connectivity index (χ4n) is 5.36. The number of para-hydroxylation sites is 2. The Hall–Kier alpha value is -5.95. The fourth-order valence-corrected chi connectivity index (χ4v) is 5.36. The number of hydrogen-bond acceptors (Lipinski definition) is 4. The first-order valence-corrected chi connectivity index (χ1v) is 13.8. The Balaban J connectivity index is 1.43. The fraction of sp³-hybridized carbons (Fsp3) is 0.0278. The molecule has 1 unspecified atom stereocenters. The molecule has 0 bridgehead atoms. The summed E-state index contributed by atoms with van der Waals surface area (Å²) in [6.45, 7) is 0. The maximum atomic E-state index is 14.6. The van der Waals surface area contributed by atoms with Gasteiger partial charge >= 0.3 is 0 Å². The highest BCUT2D eigenvalue weighted by molar-refractivity contribution is 6.20. The van der Waals surface area contributed by atoms with Gasteiger partial charge in [0.2, 0.25) is 11.8 Å². The Morgan fingerprint density at radius 2 is 1.12 bits per heavy atom. The summed E-state index contributed by atoms with van der Waals surface area (Å²) in [5.41, 5.74) is 14.8. The zero-order chi connectivity index (χ0) is 29.9. The van der Waals surface area contributed by atoms with Crippen molar-refractivity contribution in [2.45, 2.75) is 5.92 Å². The number of carbonyl (C=O) groups excluding carboxylic acids is 3. The number of nitrogens with zero attached hydrogens (tertiary/aromatic N) is 1. The van der Waals surface area contributed by atoms with Crippen LogP contribution in [0.1, 0.15) is 21.8 Å². The first-order chi connectivity index (χ1) is 20.9. The molecule has 1 atom stereocenters. The van der Waals surface area contributed by atoms with Crippen molar-refractivity contribution >= 4 is 62.0 Å². The summed E-state index contributed by atoms with van der Waals surface area (Å²) in [4.78, 5) is 42.1. The summed E-state index contributed by atoms with van der Waals surface area (Å²) < 4.78 is 0. The lowest BCUT2D eigenvalue weighted by atomic mass is 9.94. The molecule has 6 aromatic carbocycles. The molecular formula is C36H28N4O3. The van der Waals surface area contributed by atoms with Crippen LogP contribution >= 0.6 is 0 Å². The molecule has 0 fully saturated rings. The van der Waals surface area contributed by atoms with Crippen LogP contribution in [-0.2, 0) is 9.59 Å². The van der Waals surface area contributed by atoms with Gasteiger partial charge in [-0.05, 0) is 52.7 Å². The molecule has 0 saturated carbocycles. The Bertz CT molecular complexity index is 1910. The molecule has 0 saturated heterocycles. The van der Waals surface area contributed by atoms with Crippen LogP contribution in [0.25, 0.3) is 21.5 Å². The van der Waals surface area contributed by atoms with E-state index in [1.165, 1.54) is 0 Å². The molecule has 7 heteroatoms. The van der Waals surface area contributed by atoms with Crippen LogP contribution < -0.4 is 21.7 Å². The van der Waals surface area contributed by atoms with Crippen LogP contribution in [0.2, 0.25) is 0 Å². The molecule has 3 amide bonds. The second-order valence-electron chi connectivity index (χ2n) is 10.2. The van der Waals surface area contributed by atoms with Gasteiger partial charge in [0.25, 0.3) is 5.91 Å². The number of nitrogens with two attached hydrogens (primary N) is 2. The largest absolute Gasteiger partial charge is 0.397 e. The maximum Gasteiger partial charge on any atom is 0.255 e. The smallest absolute Gasteiger partial charge is 0.255 e. The number of primary amides is 1. The highest BCUT2D eigenvalue weighted by Crippen LogP contribution is 2.38. The number of rotatable bonds is 7. The Morgan fingerprint density at radius 1 is 0.605 bits per heavy atom. The quantitative estimate of drug-likeness (QED) is 0.147. The third-order valence-electron chi connectivity index (χ3n) is 7.48. The minimum absolute atomic E-state index is 0.336. The topological polar surface area (TPSA) is 119 Å². The summed E-state index contributed by atoms with van der Waals surface area (Å²) >= 11 is 0. The molecule has 0 aliphatic rings. The van der Waals surface area contributed by atoms with E-state index in [9.17, 15) is 14.4 Å². The van der Waals surface area contributed by atoms with E-state index in [4.69, 9.17) is 11.5 Å². The van der Waals surface area contributed by atoms with Gasteiger partial charge in [0.05, 0.1) is 22.7 Å². The molecule has 5 N–H and O–H groups in total. The molecule has 0 aliphatic heterocycles. The van der Waals surface area contributed by atoms with Crippen LogP contribution in [0.3, 0.4) is 0 Å². The second-order valence-corrected chi connectivity index (χ2v) is 10.2. The summed E-state index contributed by atoms with van der Waals surface area (Å²) in [7, 11) is 0. The third kappa shape index (κ3) is 5.27. The molecular weight excluding hydrogens is 536 g/mol. The van der Waals surface area contributed by atoms with Gasteiger partial charge in [-0.1, -0.05) is 97.1 Å². The van der Waals surface area contributed by atoms with E-state index in [0.29, 0.717) is 33.9 Å². The number of amides is 3. The minimum atomic E-state index is -1.32. The molecule has 0 heterocycles. The molecule has 210 valence electrons. The predicted molar refractivity (Wildman–Crippen MR) is 172 cm³/mol. The zero-order valence-corrected chi connectivity index (χ0v) is 23.1. The lowest BCUT2D eigenvalue weighted by Crippen LogP contribution is -2.38. The van der Waals surface area contributed by atoms with Crippen molar-refractivity contribution in [1.82, 2.24) is 0 Å². The lowest BCUT2D eigenvalue weighted by molar-refractivity contribution is -0.128. The van der Waals surface area contributed by atoms with Gasteiger partial charge < -0.3 is 16.8 Å². The molecule has 0 spiro atoms. The molecule has 43 heavy (non-hydrogen) atoms. The van der Waals surface area contributed by atoms with Crippen molar-refractivity contribution in [3.8, 4) is 0 Å². The number of nitrogens with one attached hydrogen (secondary N) is 1. The van der Waals surface area contributed by atoms with Crippen LogP contribution in [0.15, 0.2) is 133 Å². The van der Waals surface area contributed by atoms with Gasteiger partial charge in [-0.15, -0.1) is 0 Å². The number of hydrogen-bond donors (Lipinski definition) is 3. The van der Waals surface area contributed by atoms with Crippen molar-refractivity contribution in [2.75, 3.05) is 16.0 Å². The van der Waals surface area contributed by atoms with Crippen LogP contribution in [0.5, 0.6) is 0 Å². The van der Waals surface area contributed by atoms with Gasteiger partial charge in [-0.25, -0.2) is 0 Å². The first-order valence-electron chi connectivity index (χ1n) is 13.8. The number of fused-ring (bicyclic) bond motifs is 2. The van der Waals surface area contributed by atoms with E-state index < -0.39 is 17.7 Å². The summed E-state index contributed by atoms with van der Waals surface area (Å²) in [6.07, 6.45) is 0. The van der Waals surface area contributed by atoms with Crippen LogP contribution in [-0.4, -0.2) is 17.7 Å². The van der Waals surface area contributed by atoms with E-state index >= 15 is 0 Å². The van der Waals surface area contributed by atoms with E-state index in [1.807, 2.05) is 84.9 Å². The Morgan fingerprint density at radius 3 is 1.67 bits per heavy atom. The summed E-state index contributed by atoms with van der Waals surface area (Å²) in [5.74, 6) is -3.00. The Labute approximate surface area is 248 Å². The monoisotopic (exact) mass is 564 g/mol. The minimum Gasteiger partial charge on any atom is -0.397 e.